The Labute approximate surface area is 140 Å². The van der Waals surface area contributed by atoms with Crippen molar-refractivity contribution in [1.29, 1.82) is 0 Å². The lowest BCUT2D eigenvalue weighted by Crippen LogP contribution is -2.07. The van der Waals surface area contributed by atoms with E-state index in [1.807, 2.05) is 18.2 Å². The van der Waals surface area contributed by atoms with Gasteiger partial charge in [-0.25, -0.2) is 9.37 Å². The normalized spacial score (nSPS) is 10.4. The van der Waals surface area contributed by atoms with Gasteiger partial charge in [0.1, 0.15) is 11.6 Å². The Bertz CT molecular complexity index is 777. The van der Waals surface area contributed by atoms with Crippen molar-refractivity contribution in [3.05, 3.63) is 78.2 Å². The number of hydrogen-bond acceptors (Lipinski definition) is 4. The van der Waals surface area contributed by atoms with Crippen molar-refractivity contribution in [3.8, 4) is 0 Å². The van der Waals surface area contributed by atoms with E-state index >= 15 is 0 Å². The number of aryl methyl sites for hydroxylation is 1. The van der Waals surface area contributed by atoms with Gasteiger partial charge >= 0.3 is 0 Å². The van der Waals surface area contributed by atoms with Gasteiger partial charge in [-0.1, -0.05) is 42.5 Å². The predicted molar refractivity (Wildman–Crippen MR) is 95.0 cm³/mol. The van der Waals surface area contributed by atoms with Crippen LogP contribution < -0.4 is 10.6 Å². The molecular formula is C19H19FN4. The smallest absolute Gasteiger partial charge is 0.224 e. The van der Waals surface area contributed by atoms with Gasteiger partial charge in [0.05, 0.1) is 5.69 Å². The average molecular weight is 322 g/mol. The number of nitrogens with one attached hydrogen (secondary N) is 2. The van der Waals surface area contributed by atoms with Crippen LogP contribution in [-0.4, -0.2) is 16.5 Å². The highest BCUT2D eigenvalue weighted by Gasteiger charge is 2.03. The summed E-state index contributed by atoms with van der Waals surface area (Å²) in [6.07, 6.45) is 3.63. The minimum atomic E-state index is -0.312. The number of hydrogen-bond donors (Lipinski definition) is 2. The van der Waals surface area contributed by atoms with Gasteiger partial charge in [0.2, 0.25) is 5.95 Å². The van der Waals surface area contributed by atoms with Gasteiger partial charge in [-0.2, -0.15) is 4.98 Å². The molecule has 4 nitrogen and oxygen atoms in total. The number of para-hydroxylation sites is 1. The molecule has 0 unspecified atom stereocenters. The molecule has 0 spiro atoms. The number of benzene rings is 2. The third-order valence-corrected chi connectivity index (χ3v) is 3.56. The Balaban J connectivity index is 1.53. The fourth-order valence-corrected chi connectivity index (χ4v) is 2.35. The molecule has 0 aliphatic carbocycles. The highest BCUT2D eigenvalue weighted by molar-refractivity contribution is 5.57. The zero-order valence-corrected chi connectivity index (χ0v) is 13.2. The van der Waals surface area contributed by atoms with E-state index in [9.17, 15) is 4.39 Å². The molecular weight excluding hydrogens is 303 g/mol. The summed E-state index contributed by atoms with van der Waals surface area (Å²) in [6, 6.07) is 18.6. The largest absolute Gasteiger partial charge is 0.354 e. The van der Waals surface area contributed by atoms with Gasteiger partial charge in [-0.15, -0.1) is 0 Å². The summed E-state index contributed by atoms with van der Waals surface area (Å²) < 4.78 is 13.7. The van der Waals surface area contributed by atoms with Gasteiger partial charge in [0.25, 0.3) is 0 Å². The van der Waals surface area contributed by atoms with Crippen LogP contribution in [0.3, 0.4) is 0 Å². The molecule has 0 aliphatic rings. The SMILES string of the molecule is Fc1ccccc1Nc1ccnc(NCCCc2ccccc2)n1. The molecule has 0 aliphatic heterocycles. The van der Waals surface area contributed by atoms with Crippen molar-refractivity contribution < 1.29 is 4.39 Å². The van der Waals surface area contributed by atoms with E-state index in [0.29, 0.717) is 17.5 Å². The molecule has 0 fully saturated rings. The van der Waals surface area contributed by atoms with Crippen LogP contribution in [0.2, 0.25) is 0 Å². The maximum Gasteiger partial charge on any atom is 0.224 e. The van der Waals surface area contributed by atoms with Crippen LogP contribution in [0, 0.1) is 5.82 Å². The van der Waals surface area contributed by atoms with Crippen LogP contribution in [0.5, 0.6) is 0 Å². The van der Waals surface area contributed by atoms with Crippen LogP contribution in [-0.2, 0) is 6.42 Å². The Morgan fingerprint density at radius 2 is 1.71 bits per heavy atom. The fourth-order valence-electron chi connectivity index (χ4n) is 2.35. The van der Waals surface area contributed by atoms with Crippen molar-refractivity contribution in [2.24, 2.45) is 0 Å². The standard InChI is InChI=1S/C19H19FN4/c20-16-10-4-5-11-17(16)23-18-12-14-22-19(24-18)21-13-6-9-15-7-2-1-3-8-15/h1-5,7-8,10-12,14H,6,9,13H2,(H2,21,22,23,24). The zero-order valence-electron chi connectivity index (χ0n) is 13.2. The lowest BCUT2D eigenvalue weighted by Gasteiger charge is -2.09. The summed E-state index contributed by atoms with van der Waals surface area (Å²) in [5.41, 5.74) is 1.71. The molecule has 5 heteroatoms. The molecule has 0 bridgehead atoms. The van der Waals surface area contributed by atoms with Gasteiger partial charge in [-0.05, 0) is 36.6 Å². The van der Waals surface area contributed by atoms with Crippen LogP contribution in [0.4, 0.5) is 21.8 Å². The molecule has 1 heterocycles. The maximum absolute atomic E-state index is 13.7. The Morgan fingerprint density at radius 1 is 0.917 bits per heavy atom. The summed E-state index contributed by atoms with van der Waals surface area (Å²) in [7, 11) is 0. The molecule has 3 rings (SSSR count). The van der Waals surface area contributed by atoms with E-state index in [0.717, 1.165) is 19.4 Å². The fraction of sp³-hybridized carbons (Fsp3) is 0.158. The second-order valence-electron chi connectivity index (χ2n) is 5.39. The minimum absolute atomic E-state index is 0.312. The highest BCUT2D eigenvalue weighted by atomic mass is 19.1. The van der Waals surface area contributed by atoms with Crippen molar-refractivity contribution in [3.63, 3.8) is 0 Å². The summed E-state index contributed by atoms with van der Waals surface area (Å²) >= 11 is 0. The molecule has 2 aromatic carbocycles. The van der Waals surface area contributed by atoms with E-state index in [-0.39, 0.29) is 5.82 Å². The molecule has 2 N–H and O–H groups in total. The Kier molecular flexibility index (Phi) is 5.35. The van der Waals surface area contributed by atoms with E-state index in [1.54, 1.807) is 30.5 Å². The first-order valence-corrected chi connectivity index (χ1v) is 7.94. The third kappa shape index (κ3) is 4.52. The molecule has 1 aromatic heterocycles. The molecule has 24 heavy (non-hydrogen) atoms. The van der Waals surface area contributed by atoms with Crippen LogP contribution in [0.1, 0.15) is 12.0 Å². The van der Waals surface area contributed by atoms with E-state index in [4.69, 9.17) is 0 Å². The zero-order chi connectivity index (χ0) is 16.6. The minimum Gasteiger partial charge on any atom is -0.354 e. The number of halogens is 1. The van der Waals surface area contributed by atoms with Gasteiger partial charge in [-0.3, -0.25) is 0 Å². The molecule has 0 radical (unpaired) electrons. The first kappa shape index (κ1) is 15.9. The highest BCUT2D eigenvalue weighted by Crippen LogP contribution is 2.18. The van der Waals surface area contributed by atoms with Crippen LogP contribution in [0.25, 0.3) is 0 Å². The molecule has 0 atom stereocenters. The Hall–Kier alpha value is -2.95. The van der Waals surface area contributed by atoms with Crippen molar-refractivity contribution >= 4 is 17.5 Å². The number of rotatable bonds is 7. The number of nitrogens with zero attached hydrogens (tertiary/aromatic N) is 2. The molecule has 0 amide bonds. The third-order valence-electron chi connectivity index (χ3n) is 3.56. The average Bonchev–Trinajstić information content (AvgIpc) is 2.62. The second-order valence-corrected chi connectivity index (χ2v) is 5.39. The van der Waals surface area contributed by atoms with Gasteiger partial charge in [0, 0.05) is 12.7 Å². The summed E-state index contributed by atoms with van der Waals surface area (Å²) in [4.78, 5) is 8.55. The van der Waals surface area contributed by atoms with Crippen molar-refractivity contribution in [1.82, 2.24) is 9.97 Å². The predicted octanol–water partition coefficient (Wildman–Crippen LogP) is 4.40. The number of anilines is 3. The van der Waals surface area contributed by atoms with Crippen LogP contribution in [0.15, 0.2) is 66.9 Å². The van der Waals surface area contributed by atoms with Gasteiger partial charge < -0.3 is 10.6 Å². The van der Waals surface area contributed by atoms with E-state index < -0.39 is 0 Å². The first-order chi connectivity index (χ1) is 11.8. The second kappa shape index (κ2) is 8.06. The quantitative estimate of drug-likeness (QED) is 0.633. The Morgan fingerprint density at radius 3 is 2.54 bits per heavy atom. The molecule has 0 saturated carbocycles. The van der Waals surface area contributed by atoms with Crippen molar-refractivity contribution in [2.45, 2.75) is 12.8 Å². The number of aromatic nitrogens is 2. The topological polar surface area (TPSA) is 49.8 Å². The molecule has 3 aromatic rings. The van der Waals surface area contributed by atoms with E-state index in [2.05, 4.69) is 32.7 Å². The first-order valence-electron chi connectivity index (χ1n) is 7.94. The monoisotopic (exact) mass is 322 g/mol. The summed E-state index contributed by atoms with van der Waals surface area (Å²) in [5.74, 6) is 0.776. The summed E-state index contributed by atoms with van der Waals surface area (Å²) in [5, 5.41) is 6.16. The van der Waals surface area contributed by atoms with Gasteiger partial charge in [0.15, 0.2) is 0 Å². The van der Waals surface area contributed by atoms with Crippen LogP contribution >= 0.6 is 0 Å². The lowest BCUT2D eigenvalue weighted by atomic mass is 10.1. The molecule has 122 valence electrons. The van der Waals surface area contributed by atoms with E-state index in [1.165, 1.54) is 11.6 Å². The lowest BCUT2D eigenvalue weighted by molar-refractivity contribution is 0.632. The van der Waals surface area contributed by atoms with Crippen molar-refractivity contribution in [2.75, 3.05) is 17.2 Å². The molecule has 0 saturated heterocycles. The maximum atomic E-state index is 13.7. The summed E-state index contributed by atoms with van der Waals surface area (Å²) in [6.45, 7) is 0.776.